The van der Waals surface area contributed by atoms with E-state index in [0.717, 1.165) is 0 Å². The molecule has 0 aliphatic carbocycles. The maximum absolute atomic E-state index is 14.1. The standard InChI is InChI=1S/C45H60N16O10/c1-27(62)56-36(13-33-16-47-24-53-33)43(69)50-19-39(65)59-6-4-8-60(40(66)20-51-44(70)37(57-28(2)63)14-34-17-48-25-54-34)22-30-10-31(12-32(11-30)42(46)68)23-61(9-5-7-59)41(67)21-52-45(71)38(58-29(3)64)15-35-18-49-26-55-35/h10-12,16-18,24-26,36-38H,4-9,13-15,19-23H2,1-3H3,(H2,46,68)(H,47,53)(H,48,54)(H,49,55)(H,50,69)(H,51,70)(H,52,71)(H,56,62)(H,57,63)(H,58,64)/t36-,37-,38-/m1/s1. The largest absolute Gasteiger partial charge is 0.366 e. The Balaban J connectivity index is 1.39. The molecule has 380 valence electrons. The van der Waals surface area contributed by atoms with Crippen LogP contribution in [0.2, 0.25) is 0 Å². The number of imidazole rings is 3. The molecule has 3 atom stereocenters. The minimum atomic E-state index is -1.05. The molecule has 5 rings (SSSR count). The molecule has 26 nitrogen and oxygen atoms in total. The normalized spacial score (nSPS) is 14.4. The molecule has 3 aromatic heterocycles. The molecule has 0 fully saturated rings. The summed E-state index contributed by atoms with van der Waals surface area (Å²) in [5.41, 5.74) is 8.44. The lowest BCUT2D eigenvalue weighted by atomic mass is 10.0. The summed E-state index contributed by atoms with van der Waals surface area (Å²) in [5, 5.41) is 15.6. The molecule has 0 unspecified atom stereocenters. The van der Waals surface area contributed by atoms with Gasteiger partial charge in [0, 0.05) is 121 Å². The van der Waals surface area contributed by atoms with Crippen molar-refractivity contribution >= 4 is 59.1 Å². The Morgan fingerprint density at radius 3 is 1.14 bits per heavy atom. The summed E-state index contributed by atoms with van der Waals surface area (Å²) in [6.07, 6.45) is 9.33. The maximum Gasteiger partial charge on any atom is 0.248 e. The second-order valence-corrected chi connectivity index (χ2v) is 16.9. The van der Waals surface area contributed by atoms with Crippen molar-refractivity contribution in [2.75, 3.05) is 45.8 Å². The summed E-state index contributed by atoms with van der Waals surface area (Å²) in [6.45, 7) is 2.28. The molecule has 1 aromatic carbocycles. The van der Waals surface area contributed by atoms with E-state index in [1.165, 1.54) is 85.2 Å². The van der Waals surface area contributed by atoms with E-state index >= 15 is 0 Å². The first-order chi connectivity index (χ1) is 33.9. The van der Waals surface area contributed by atoms with E-state index in [0.29, 0.717) is 28.2 Å². The summed E-state index contributed by atoms with van der Waals surface area (Å²) in [4.78, 5) is 156. The van der Waals surface area contributed by atoms with Gasteiger partial charge < -0.3 is 67.3 Å². The van der Waals surface area contributed by atoms with Gasteiger partial charge in [-0.3, -0.25) is 47.9 Å². The first-order valence-electron chi connectivity index (χ1n) is 22.8. The highest BCUT2D eigenvalue weighted by Gasteiger charge is 2.27. The van der Waals surface area contributed by atoms with Crippen LogP contribution in [-0.4, -0.2) is 168 Å². The zero-order valence-corrected chi connectivity index (χ0v) is 39.7. The van der Waals surface area contributed by atoms with E-state index in [4.69, 9.17) is 5.73 Å². The van der Waals surface area contributed by atoms with Gasteiger partial charge in [-0.15, -0.1) is 0 Å². The Hall–Kier alpha value is -8.45. The number of benzene rings is 1. The van der Waals surface area contributed by atoms with Gasteiger partial charge in [-0.05, 0) is 36.1 Å². The second-order valence-electron chi connectivity index (χ2n) is 16.9. The quantitative estimate of drug-likeness (QED) is 0.0444. The van der Waals surface area contributed by atoms with Crippen LogP contribution in [0, 0.1) is 0 Å². The van der Waals surface area contributed by atoms with Gasteiger partial charge in [-0.1, -0.05) is 6.07 Å². The summed E-state index contributed by atoms with van der Waals surface area (Å²) >= 11 is 0. The maximum atomic E-state index is 14.1. The fraction of sp³-hybridized carbons (Fsp3) is 0.444. The van der Waals surface area contributed by atoms with E-state index in [2.05, 4.69) is 61.8 Å². The Bertz CT molecular complexity index is 2380. The predicted molar refractivity (Wildman–Crippen MR) is 250 cm³/mol. The molecule has 0 spiro atoms. The highest BCUT2D eigenvalue weighted by molar-refractivity contribution is 5.94. The fourth-order valence-corrected chi connectivity index (χ4v) is 7.78. The van der Waals surface area contributed by atoms with E-state index in [1.807, 2.05) is 0 Å². The molecule has 26 heteroatoms. The molecule has 2 bridgehead atoms. The van der Waals surface area contributed by atoms with Gasteiger partial charge in [0.05, 0.1) is 38.6 Å². The van der Waals surface area contributed by atoms with E-state index in [-0.39, 0.29) is 76.9 Å². The van der Waals surface area contributed by atoms with Crippen molar-refractivity contribution in [1.82, 2.24) is 76.5 Å². The molecule has 10 amide bonds. The number of carbonyl (C=O) groups is 10. The third-order valence-corrected chi connectivity index (χ3v) is 11.1. The second kappa shape index (κ2) is 26.3. The molecule has 0 radical (unpaired) electrons. The lowest BCUT2D eigenvalue weighted by Crippen LogP contribution is -2.51. The van der Waals surface area contributed by atoms with Crippen LogP contribution in [0.4, 0.5) is 0 Å². The van der Waals surface area contributed by atoms with Crippen molar-refractivity contribution in [1.29, 1.82) is 0 Å². The highest BCUT2D eigenvalue weighted by Crippen LogP contribution is 2.17. The number of hydrogen-bond acceptors (Lipinski definition) is 13. The van der Waals surface area contributed by atoms with Crippen LogP contribution in [0.3, 0.4) is 0 Å². The Morgan fingerprint density at radius 2 is 0.845 bits per heavy atom. The third-order valence-electron chi connectivity index (χ3n) is 11.1. The average Bonchev–Trinajstić information content (AvgIpc) is 4.15. The predicted octanol–water partition coefficient (Wildman–Crippen LogP) is -3.17. The lowest BCUT2D eigenvalue weighted by molar-refractivity contribution is -0.135. The van der Waals surface area contributed by atoms with E-state index in [1.54, 1.807) is 6.07 Å². The Kier molecular flexibility index (Phi) is 19.9. The topological polar surface area (TPSA) is 365 Å². The molecule has 11 N–H and O–H groups in total. The highest BCUT2D eigenvalue weighted by atomic mass is 16.2. The molecule has 1 aliphatic heterocycles. The van der Waals surface area contributed by atoms with Crippen molar-refractivity contribution in [2.45, 2.75) is 84.1 Å². The number of nitrogens with zero attached hydrogens (tertiary/aromatic N) is 6. The van der Waals surface area contributed by atoms with Gasteiger partial charge in [0.1, 0.15) is 18.1 Å². The third kappa shape index (κ3) is 17.5. The summed E-state index contributed by atoms with van der Waals surface area (Å²) in [7, 11) is 0. The van der Waals surface area contributed by atoms with Crippen LogP contribution < -0.4 is 37.6 Å². The van der Waals surface area contributed by atoms with Gasteiger partial charge in [0.15, 0.2) is 0 Å². The van der Waals surface area contributed by atoms with Gasteiger partial charge >= 0.3 is 0 Å². The smallest absolute Gasteiger partial charge is 0.248 e. The fourth-order valence-electron chi connectivity index (χ4n) is 7.78. The number of primary amides is 1. The number of nitrogens with two attached hydrogens (primary N) is 1. The zero-order chi connectivity index (χ0) is 51.5. The Morgan fingerprint density at radius 1 is 0.521 bits per heavy atom. The number of amides is 10. The average molecular weight is 985 g/mol. The SMILES string of the molecule is CC(=O)N[C@H](Cc1cnc[nH]1)C(=O)NCC(=O)N1CCCN(C(=O)CNC(=O)[C@@H](Cc2cnc[nH]2)NC(C)=O)Cc2cc(cc(C(N)=O)c2)CN(C(=O)CNC(=O)[C@@H](Cc2cnc[nH]2)NC(C)=O)CCC1. The van der Waals surface area contributed by atoms with E-state index in [9.17, 15) is 47.9 Å². The Labute approximate surface area is 407 Å². The van der Waals surface area contributed by atoms with E-state index < -0.39 is 96.8 Å². The number of rotatable bonds is 19. The van der Waals surface area contributed by atoms with Crippen molar-refractivity contribution in [3.05, 3.63) is 89.5 Å². The first kappa shape index (κ1) is 53.5. The van der Waals surface area contributed by atoms with Crippen LogP contribution in [0.15, 0.2) is 55.8 Å². The summed E-state index contributed by atoms with van der Waals surface area (Å²) in [5.74, 6) is -5.73. The van der Waals surface area contributed by atoms with Crippen molar-refractivity contribution in [3.63, 3.8) is 0 Å². The number of carbonyl (C=O) groups excluding carboxylic acids is 10. The van der Waals surface area contributed by atoms with Gasteiger partial charge in [-0.2, -0.15) is 0 Å². The van der Waals surface area contributed by atoms with Crippen LogP contribution in [0.25, 0.3) is 0 Å². The molecule has 0 saturated carbocycles. The van der Waals surface area contributed by atoms with Crippen molar-refractivity contribution in [2.24, 2.45) is 5.73 Å². The summed E-state index contributed by atoms with van der Waals surface area (Å²) < 4.78 is 0. The number of hydrogen-bond donors (Lipinski definition) is 10. The van der Waals surface area contributed by atoms with Gasteiger partial charge in [0.25, 0.3) is 0 Å². The number of fused-ring (bicyclic) bond motifs is 2. The van der Waals surface area contributed by atoms with Crippen LogP contribution in [0.5, 0.6) is 0 Å². The molecular weight excluding hydrogens is 925 g/mol. The molecule has 1 aliphatic rings. The zero-order valence-electron chi connectivity index (χ0n) is 39.7. The molecule has 0 saturated heterocycles. The minimum Gasteiger partial charge on any atom is -0.366 e. The van der Waals surface area contributed by atoms with Crippen LogP contribution in [0.1, 0.15) is 72.2 Å². The first-order valence-corrected chi connectivity index (χ1v) is 22.8. The summed E-state index contributed by atoms with van der Waals surface area (Å²) in [6, 6.07) is 1.57. The number of aromatic amines is 3. The number of nitrogens with one attached hydrogen (secondary N) is 9. The van der Waals surface area contributed by atoms with Gasteiger partial charge in [-0.25, -0.2) is 15.0 Å². The lowest BCUT2D eigenvalue weighted by Gasteiger charge is -2.30. The number of aromatic nitrogens is 6. The van der Waals surface area contributed by atoms with Gasteiger partial charge in [0.2, 0.25) is 59.1 Å². The van der Waals surface area contributed by atoms with Crippen LogP contribution >= 0.6 is 0 Å². The molecule has 4 heterocycles. The van der Waals surface area contributed by atoms with Crippen molar-refractivity contribution in [3.8, 4) is 0 Å². The molecular formula is C45H60N16O10. The monoisotopic (exact) mass is 984 g/mol. The molecule has 71 heavy (non-hydrogen) atoms. The van der Waals surface area contributed by atoms with Crippen LogP contribution in [-0.2, 0) is 75.5 Å². The molecule has 4 aromatic rings. The number of H-pyrrole nitrogens is 3. The minimum absolute atomic E-state index is 0.0448. The van der Waals surface area contributed by atoms with Crippen molar-refractivity contribution < 1.29 is 47.9 Å².